The maximum absolute atomic E-state index is 12.2. The van der Waals surface area contributed by atoms with Gasteiger partial charge in [-0.05, 0) is 30.0 Å². The van der Waals surface area contributed by atoms with Crippen LogP contribution in [0.15, 0.2) is 24.3 Å². The van der Waals surface area contributed by atoms with Gasteiger partial charge >= 0.3 is 6.61 Å². The van der Waals surface area contributed by atoms with E-state index in [-0.39, 0.29) is 17.2 Å². The molecule has 3 nitrogen and oxygen atoms in total. The van der Waals surface area contributed by atoms with Gasteiger partial charge in [0.05, 0.1) is 6.10 Å². The summed E-state index contributed by atoms with van der Waals surface area (Å²) in [6, 6.07) is 6.51. The third kappa shape index (κ3) is 5.43. The van der Waals surface area contributed by atoms with E-state index in [1.807, 2.05) is 33.8 Å². The van der Waals surface area contributed by atoms with Crippen molar-refractivity contribution in [3.05, 3.63) is 29.8 Å². The average molecular weight is 287 g/mol. The first-order valence-electron chi connectivity index (χ1n) is 6.66. The Bertz CT molecular complexity index is 419. The Kier molecular flexibility index (Phi) is 5.89. The van der Waals surface area contributed by atoms with Crippen molar-refractivity contribution in [2.45, 2.75) is 46.5 Å². The molecule has 0 saturated heterocycles. The van der Waals surface area contributed by atoms with Gasteiger partial charge in [0.2, 0.25) is 0 Å². The van der Waals surface area contributed by atoms with Crippen LogP contribution in [0.1, 0.15) is 39.3 Å². The highest BCUT2D eigenvalue weighted by Gasteiger charge is 2.22. The highest BCUT2D eigenvalue weighted by Crippen LogP contribution is 2.22. The number of nitrogens with one attached hydrogen (secondary N) is 1. The summed E-state index contributed by atoms with van der Waals surface area (Å²) in [7, 11) is 0. The van der Waals surface area contributed by atoms with Crippen LogP contribution in [0, 0.1) is 5.41 Å². The summed E-state index contributed by atoms with van der Waals surface area (Å²) in [5.74, 6) is 0.141. The molecule has 2 N–H and O–H groups in total. The fourth-order valence-electron chi connectivity index (χ4n) is 1.67. The second kappa shape index (κ2) is 6.99. The van der Waals surface area contributed by atoms with Crippen molar-refractivity contribution in [2.75, 3.05) is 6.54 Å². The predicted molar refractivity (Wildman–Crippen MR) is 75.0 cm³/mol. The molecule has 0 radical (unpaired) electrons. The summed E-state index contributed by atoms with van der Waals surface area (Å²) in [6.45, 7) is 5.40. The first-order valence-corrected chi connectivity index (χ1v) is 6.66. The lowest BCUT2D eigenvalue weighted by Crippen LogP contribution is -2.37. The minimum atomic E-state index is -2.82. The number of hydrogen-bond donors (Lipinski definition) is 2. The zero-order chi connectivity index (χ0) is 15.3. The molecule has 0 bridgehead atoms. The van der Waals surface area contributed by atoms with Crippen LogP contribution < -0.4 is 10.1 Å². The third-order valence-corrected chi connectivity index (χ3v) is 3.20. The summed E-state index contributed by atoms with van der Waals surface area (Å²) in [5, 5.41) is 13.2. The molecule has 0 heterocycles. The number of ether oxygens (including phenoxy) is 1. The first-order chi connectivity index (χ1) is 9.20. The normalized spacial score (nSPS) is 15.2. The quantitative estimate of drug-likeness (QED) is 0.843. The van der Waals surface area contributed by atoms with E-state index in [1.54, 1.807) is 12.1 Å². The zero-order valence-electron chi connectivity index (χ0n) is 12.4. The molecule has 0 aliphatic carbocycles. The predicted octanol–water partition coefficient (Wildman–Crippen LogP) is 3.35. The molecule has 0 aliphatic heterocycles. The summed E-state index contributed by atoms with van der Waals surface area (Å²) in [5.41, 5.74) is 0.636. The topological polar surface area (TPSA) is 41.5 Å². The van der Waals surface area contributed by atoms with Crippen LogP contribution in [0.2, 0.25) is 0 Å². The Morgan fingerprint density at radius 1 is 1.30 bits per heavy atom. The van der Waals surface area contributed by atoms with E-state index in [1.165, 1.54) is 6.07 Å². The molecule has 0 fully saturated rings. The summed E-state index contributed by atoms with van der Waals surface area (Å²) in [6.07, 6.45) is -0.481. The van der Waals surface area contributed by atoms with E-state index in [0.29, 0.717) is 6.54 Å². The Balaban J connectivity index is 2.61. The van der Waals surface area contributed by atoms with Crippen LogP contribution in [-0.2, 0) is 0 Å². The lowest BCUT2D eigenvalue weighted by molar-refractivity contribution is -0.0499. The molecule has 5 heteroatoms. The molecular formula is C15H23F2NO2. The average Bonchev–Trinajstić information content (AvgIpc) is 2.33. The van der Waals surface area contributed by atoms with Crippen LogP contribution in [0.5, 0.6) is 5.75 Å². The van der Waals surface area contributed by atoms with Gasteiger partial charge in [0.25, 0.3) is 0 Å². The highest BCUT2D eigenvalue weighted by molar-refractivity contribution is 5.30. The molecule has 1 aromatic carbocycles. The van der Waals surface area contributed by atoms with Crippen molar-refractivity contribution in [1.82, 2.24) is 5.32 Å². The Morgan fingerprint density at radius 2 is 1.95 bits per heavy atom. The van der Waals surface area contributed by atoms with Crippen molar-refractivity contribution in [3.63, 3.8) is 0 Å². The van der Waals surface area contributed by atoms with Crippen LogP contribution in [0.4, 0.5) is 8.78 Å². The molecule has 0 aliphatic rings. The van der Waals surface area contributed by atoms with Crippen LogP contribution in [0.25, 0.3) is 0 Å². The lowest BCUT2D eigenvalue weighted by atomic mass is 9.89. The number of halogens is 2. The van der Waals surface area contributed by atoms with E-state index < -0.39 is 12.7 Å². The summed E-state index contributed by atoms with van der Waals surface area (Å²) < 4.78 is 28.7. The molecule has 0 saturated carbocycles. The molecule has 20 heavy (non-hydrogen) atoms. The Labute approximate surface area is 119 Å². The number of benzene rings is 1. The summed E-state index contributed by atoms with van der Waals surface area (Å²) in [4.78, 5) is 0. The number of hydrogen-bond acceptors (Lipinski definition) is 3. The van der Waals surface area contributed by atoms with Gasteiger partial charge in [-0.25, -0.2) is 0 Å². The van der Waals surface area contributed by atoms with E-state index in [9.17, 15) is 13.9 Å². The number of aliphatic hydroxyl groups excluding tert-OH is 1. The second-order valence-electron chi connectivity index (χ2n) is 5.96. The second-order valence-corrected chi connectivity index (χ2v) is 5.96. The highest BCUT2D eigenvalue weighted by atomic mass is 19.3. The molecule has 0 aromatic heterocycles. The van der Waals surface area contributed by atoms with Crippen LogP contribution in [0.3, 0.4) is 0 Å². The van der Waals surface area contributed by atoms with Crippen molar-refractivity contribution in [1.29, 1.82) is 0 Å². The van der Waals surface area contributed by atoms with Crippen molar-refractivity contribution >= 4 is 0 Å². The molecule has 1 rings (SSSR count). The fourth-order valence-corrected chi connectivity index (χ4v) is 1.67. The molecule has 2 atom stereocenters. The van der Waals surface area contributed by atoms with Crippen molar-refractivity contribution in [3.8, 4) is 5.75 Å². The number of aliphatic hydroxyl groups is 1. The fraction of sp³-hybridized carbons (Fsp3) is 0.600. The minimum absolute atomic E-state index is 0.0618. The number of alkyl halides is 2. The molecule has 114 valence electrons. The number of rotatable bonds is 6. The van der Waals surface area contributed by atoms with Gasteiger partial charge in [0, 0.05) is 12.6 Å². The zero-order valence-corrected chi connectivity index (χ0v) is 12.4. The van der Waals surface area contributed by atoms with Gasteiger partial charge in [0.1, 0.15) is 5.75 Å². The Hall–Kier alpha value is -1.20. The molecule has 0 amide bonds. The summed E-state index contributed by atoms with van der Waals surface area (Å²) >= 11 is 0. The van der Waals surface area contributed by atoms with Crippen LogP contribution >= 0.6 is 0 Å². The SMILES string of the molecule is CC(NCC(O)C(C)(C)C)c1cccc(OC(F)F)c1. The molecule has 0 spiro atoms. The minimum Gasteiger partial charge on any atom is -0.435 e. The van der Waals surface area contributed by atoms with Gasteiger partial charge < -0.3 is 15.2 Å². The lowest BCUT2D eigenvalue weighted by Gasteiger charge is -2.27. The molecule has 1 aromatic rings. The first kappa shape index (κ1) is 16.9. The Morgan fingerprint density at radius 3 is 2.50 bits per heavy atom. The standard InChI is InChI=1S/C15H23F2NO2/c1-10(18-9-13(19)15(2,3)4)11-6-5-7-12(8-11)20-14(16)17/h5-8,10,13-14,18-19H,9H2,1-4H3. The van der Waals surface area contributed by atoms with Crippen LogP contribution in [-0.4, -0.2) is 24.4 Å². The van der Waals surface area contributed by atoms with Gasteiger partial charge in [-0.2, -0.15) is 8.78 Å². The third-order valence-electron chi connectivity index (χ3n) is 3.20. The maximum atomic E-state index is 12.2. The monoisotopic (exact) mass is 287 g/mol. The van der Waals surface area contributed by atoms with Crippen molar-refractivity contribution in [2.24, 2.45) is 5.41 Å². The van der Waals surface area contributed by atoms with Crippen molar-refractivity contribution < 1.29 is 18.6 Å². The van der Waals surface area contributed by atoms with Gasteiger partial charge in [-0.1, -0.05) is 32.9 Å². The largest absolute Gasteiger partial charge is 0.435 e. The van der Waals surface area contributed by atoms with E-state index in [4.69, 9.17) is 0 Å². The van der Waals surface area contributed by atoms with E-state index >= 15 is 0 Å². The van der Waals surface area contributed by atoms with Gasteiger partial charge in [-0.3, -0.25) is 0 Å². The molecular weight excluding hydrogens is 264 g/mol. The van der Waals surface area contributed by atoms with Gasteiger partial charge in [0.15, 0.2) is 0 Å². The smallest absolute Gasteiger partial charge is 0.387 e. The molecule has 2 unspecified atom stereocenters. The van der Waals surface area contributed by atoms with E-state index in [2.05, 4.69) is 10.1 Å². The van der Waals surface area contributed by atoms with E-state index in [0.717, 1.165) is 5.56 Å². The van der Waals surface area contributed by atoms with Gasteiger partial charge in [-0.15, -0.1) is 0 Å². The maximum Gasteiger partial charge on any atom is 0.387 e.